The van der Waals surface area contributed by atoms with Gasteiger partial charge in [0, 0.05) is 6.08 Å². The van der Waals surface area contributed by atoms with Gasteiger partial charge in [-0.15, -0.1) is 0 Å². The van der Waals surface area contributed by atoms with Gasteiger partial charge < -0.3 is 13.6 Å². The normalized spacial score (nSPS) is 10.1. The fourth-order valence-corrected chi connectivity index (χ4v) is 1.10. The molecule has 1 aromatic heterocycles. The predicted molar refractivity (Wildman–Crippen MR) is 50.6 cm³/mol. The molecule has 0 N–H and O–H groups in total. The van der Waals surface area contributed by atoms with Crippen molar-refractivity contribution in [2.75, 3.05) is 0 Å². The average molecular weight is 206 g/mol. The Kier molecular flexibility index (Phi) is 2.13. The third-order valence-corrected chi connectivity index (χ3v) is 1.70. The maximum atomic E-state index is 10.9. The third-order valence-electron chi connectivity index (χ3n) is 1.70. The van der Waals surface area contributed by atoms with Gasteiger partial charge in [0.15, 0.2) is 11.3 Å². The summed E-state index contributed by atoms with van der Waals surface area (Å²) in [6, 6.07) is 4.60. The molecule has 0 aliphatic carbocycles. The van der Waals surface area contributed by atoms with Crippen molar-refractivity contribution in [3.63, 3.8) is 0 Å². The van der Waals surface area contributed by atoms with E-state index in [2.05, 4.69) is 11.0 Å². The fraction of sp³-hybridized carbons (Fsp3) is 0. The molecule has 0 saturated carbocycles. The third kappa shape index (κ3) is 1.67. The molecule has 5 heteroatoms. The number of carbonyl (C=O) groups is 1. The molecule has 2 rings (SSSR count). The van der Waals surface area contributed by atoms with E-state index in [1.54, 1.807) is 6.07 Å². The number of benzene rings is 1. The molecule has 0 bridgehead atoms. The highest BCUT2D eigenvalue weighted by molar-refractivity contribution is 5.87. The molecule has 5 nitrogen and oxygen atoms in total. The molecule has 2 aromatic rings. The summed E-state index contributed by atoms with van der Waals surface area (Å²) in [6.45, 7) is 3.25. The monoisotopic (exact) mass is 206 g/mol. The molecule has 1 aromatic carbocycles. The summed E-state index contributed by atoms with van der Waals surface area (Å²) in [7, 11) is 0. The second-order valence-electron chi connectivity index (χ2n) is 2.66. The Labute approximate surface area is 83.6 Å². The van der Waals surface area contributed by atoms with Crippen molar-refractivity contribution in [2.24, 2.45) is 0 Å². The van der Waals surface area contributed by atoms with Gasteiger partial charge in [0.1, 0.15) is 0 Å². The highest BCUT2D eigenvalue weighted by Crippen LogP contribution is 2.24. The molecule has 15 heavy (non-hydrogen) atoms. The summed E-state index contributed by atoms with van der Waals surface area (Å²) >= 11 is 0. The Hall–Kier alpha value is -2.30. The molecular formula is C10H6O5. The lowest BCUT2D eigenvalue weighted by molar-refractivity contribution is -0.128. The Morgan fingerprint density at radius 2 is 2.20 bits per heavy atom. The summed E-state index contributed by atoms with van der Waals surface area (Å²) in [5.41, 5.74) is 0.340. The molecule has 0 aliphatic rings. The summed E-state index contributed by atoms with van der Waals surface area (Å²) in [5.74, 6) is -1.35. The number of hydrogen-bond acceptors (Lipinski definition) is 5. The van der Waals surface area contributed by atoms with E-state index in [0.717, 1.165) is 6.08 Å². The lowest BCUT2D eigenvalue weighted by atomic mass is 10.3. The van der Waals surface area contributed by atoms with E-state index < -0.39 is 11.8 Å². The second kappa shape index (κ2) is 3.45. The molecule has 0 aliphatic heterocycles. The van der Waals surface area contributed by atoms with E-state index in [0.29, 0.717) is 0 Å². The molecule has 76 valence electrons. The van der Waals surface area contributed by atoms with E-state index in [4.69, 9.17) is 9.15 Å². The van der Waals surface area contributed by atoms with E-state index >= 15 is 0 Å². The quantitative estimate of drug-likeness (QED) is 0.422. The number of rotatable bonds is 2. The van der Waals surface area contributed by atoms with Crippen LogP contribution < -0.4 is 10.6 Å². The van der Waals surface area contributed by atoms with Crippen molar-refractivity contribution in [2.45, 2.75) is 0 Å². The zero-order chi connectivity index (χ0) is 10.8. The van der Waals surface area contributed by atoms with Crippen LogP contribution in [0.25, 0.3) is 11.2 Å². The second-order valence-corrected chi connectivity index (χ2v) is 2.66. The number of esters is 1. The van der Waals surface area contributed by atoms with Crippen molar-refractivity contribution in [3.8, 4) is 5.75 Å². The molecule has 0 atom stereocenters. The Morgan fingerprint density at radius 1 is 1.40 bits per heavy atom. The minimum Gasteiger partial charge on any atom is -0.419 e. The highest BCUT2D eigenvalue weighted by atomic mass is 16.6. The maximum absolute atomic E-state index is 10.9. The molecule has 0 fully saturated rings. The fourth-order valence-electron chi connectivity index (χ4n) is 1.10. The summed E-state index contributed by atoms with van der Waals surface area (Å²) in [4.78, 5) is 21.7. The Balaban J connectivity index is 2.55. The minimum atomic E-state index is -0.841. The van der Waals surface area contributed by atoms with Gasteiger partial charge in [-0.25, -0.2) is 9.59 Å². The van der Waals surface area contributed by atoms with Crippen molar-refractivity contribution in [1.29, 1.82) is 0 Å². The van der Waals surface area contributed by atoms with Crippen LogP contribution in [0.3, 0.4) is 0 Å². The summed E-state index contributed by atoms with van der Waals surface area (Å²) < 4.78 is 14.2. The van der Waals surface area contributed by atoms with Gasteiger partial charge in [-0.3, -0.25) is 0 Å². The average Bonchev–Trinajstić information content (AvgIpc) is 2.59. The minimum absolute atomic E-state index is 0.109. The smallest absolute Gasteiger partial charge is 0.419 e. The number of hydrogen-bond donors (Lipinski definition) is 0. The first-order valence-corrected chi connectivity index (χ1v) is 4.07. The van der Waals surface area contributed by atoms with Crippen LogP contribution in [0.2, 0.25) is 0 Å². The Morgan fingerprint density at radius 3 is 2.93 bits per heavy atom. The van der Waals surface area contributed by atoms with Gasteiger partial charge in [-0.05, 0) is 12.1 Å². The predicted octanol–water partition coefficient (Wildman–Crippen LogP) is 1.48. The SMILES string of the molecule is C=CC(=O)Oc1cccc2oc(=O)oc12. The van der Waals surface area contributed by atoms with Crippen molar-refractivity contribution < 1.29 is 18.4 Å². The molecule has 0 amide bonds. The zero-order valence-corrected chi connectivity index (χ0v) is 7.56. The van der Waals surface area contributed by atoms with Crippen LogP contribution in [-0.4, -0.2) is 5.97 Å². The van der Waals surface area contributed by atoms with Gasteiger partial charge >= 0.3 is 11.8 Å². The van der Waals surface area contributed by atoms with Crippen LogP contribution in [-0.2, 0) is 4.79 Å². The summed E-state index contributed by atoms with van der Waals surface area (Å²) in [6.07, 6.45) is 1.01. The molecule has 0 spiro atoms. The number of fused-ring (bicyclic) bond motifs is 1. The van der Waals surface area contributed by atoms with Crippen LogP contribution in [0.4, 0.5) is 0 Å². The van der Waals surface area contributed by atoms with Gasteiger partial charge in [-0.2, -0.15) is 0 Å². The van der Waals surface area contributed by atoms with Gasteiger partial charge in [-0.1, -0.05) is 12.6 Å². The van der Waals surface area contributed by atoms with Crippen molar-refractivity contribution in [1.82, 2.24) is 0 Å². The van der Waals surface area contributed by atoms with E-state index in [9.17, 15) is 9.59 Å². The van der Waals surface area contributed by atoms with Gasteiger partial charge in [0.2, 0.25) is 5.58 Å². The Bertz CT molecular complexity index is 575. The van der Waals surface area contributed by atoms with Crippen LogP contribution in [0, 0.1) is 0 Å². The topological polar surface area (TPSA) is 69.7 Å². The maximum Gasteiger partial charge on any atom is 0.519 e. The molecule has 1 heterocycles. The van der Waals surface area contributed by atoms with Crippen LogP contribution in [0.1, 0.15) is 0 Å². The first-order chi connectivity index (χ1) is 7.20. The largest absolute Gasteiger partial charge is 0.519 e. The molecule has 0 unspecified atom stereocenters. The van der Waals surface area contributed by atoms with Crippen molar-refractivity contribution in [3.05, 3.63) is 41.5 Å². The first kappa shape index (κ1) is 9.26. The lowest BCUT2D eigenvalue weighted by Gasteiger charge is -1.99. The van der Waals surface area contributed by atoms with Gasteiger partial charge in [0.25, 0.3) is 0 Å². The molecular weight excluding hydrogens is 200 g/mol. The van der Waals surface area contributed by atoms with E-state index in [1.165, 1.54) is 12.1 Å². The molecule has 0 saturated heterocycles. The van der Waals surface area contributed by atoms with Crippen LogP contribution in [0.15, 0.2) is 44.5 Å². The standard InChI is InChI=1S/C10H6O5/c1-2-8(11)13-6-4-3-5-7-9(6)15-10(12)14-7/h2-5H,1H2. The summed E-state index contributed by atoms with van der Waals surface area (Å²) in [5, 5.41) is 0. The van der Waals surface area contributed by atoms with Crippen molar-refractivity contribution >= 4 is 17.1 Å². The van der Waals surface area contributed by atoms with Crippen LogP contribution >= 0.6 is 0 Å². The van der Waals surface area contributed by atoms with E-state index in [1.807, 2.05) is 0 Å². The van der Waals surface area contributed by atoms with Crippen LogP contribution in [0.5, 0.6) is 5.75 Å². The number of carbonyl (C=O) groups excluding carboxylic acids is 1. The van der Waals surface area contributed by atoms with Gasteiger partial charge in [0.05, 0.1) is 0 Å². The number of ether oxygens (including phenoxy) is 1. The number of para-hydroxylation sites is 1. The zero-order valence-electron chi connectivity index (χ0n) is 7.56. The van der Waals surface area contributed by atoms with E-state index in [-0.39, 0.29) is 16.9 Å². The lowest BCUT2D eigenvalue weighted by Crippen LogP contribution is -2.02. The highest BCUT2D eigenvalue weighted by Gasteiger charge is 2.11. The molecule has 0 radical (unpaired) electrons. The first-order valence-electron chi connectivity index (χ1n) is 4.07.